The molecule has 1 atom stereocenters. The molecule has 3 N–H and O–H groups in total. The fraction of sp³-hybridized carbons (Fsp3) is 0.462. The van der Waals surface area contributed by atoms with Gasteiger partial charge in [0.2, 0.25) is 5.91 Å². The van der Waals surface area contributed by atoms with Crippen LogP contribution in [0.15, 0.2) is 18.2 Å². The summed E-state index contributed by atoms with van der Waals surface area (Å²) >= 11 is 0. The largest absolute Gasteiger partial charge is 0.508 e. The normalized spacial score (nSPS) is 12.5. The van der Waals surface area contributed by atoms with Crippen LogP contribution in [0.5, 0.6) is 5.75 Å². The van der Waals surface area contributed by atoms with Crippen molar-refractivity contribution in [1.82, 2.24) is 0 Å². The van der Waals surface area contributed by atoms with E-state index in [9.17, 15) is 15.0 Å². The van der Waals surface area contributed by atoms with Crippen molar-refractivity contribution in [2.45, 2.75) is 33.3 Å². The second-order valence-electron chi connectivity index (χ2n) is 4.56. The van der Waals surface area contributed by atoms with Crippen molar-refractivity contribution in [3.8, 4) is 5.75 Å². The number of anilines is 1. The van der Waals surface area contributed by atoms with E-state index < -0.39 is 6.10 Å². The molecule has 1 unspecified atom stereocenters. The van der Waals surface area contributed by atoms with E-state index in [1.54, 1.807) is 19.1 Å². The summed E-state index contributed by atoms with van der Waals surface area (Å²) in [6.45, 7) is 5.49. The first-order chi connectivity index (χ1) is 7.90. The summed E-state index contributed by atoms with van der Waals surface area (Å²) in [6, 6.07) is 4.85. The maximum absolute atomic E-state index is 11.6. The lowest BCUT2D eigenvalue weighted by Crippen LogP contribution is -2.23. The van der Waals surface area contributed by atoms with Gasteiger partial charge in [0.25, 0.3) is 0 Å². The average Bonchev–Trinajstić information content (AvgIpc) is 2.23. The van der Waals surface area contributed by atoms with Gasteiger partial charge in [0, 0.05) is 5.69 Å². The van der Waals surface area contributed by atoms with Crippen LogP contribution in [0.1, 0.15) is 25.8 Å². The summed E-state index contributed by atoms with van der Waals surface area (Å²) in [5.74, 6) is 0.0313. The van der Waals surface area contributed by atoms with Gasteiger partial charge in [-0.25, -0.2) is 0 Å². The number of aryl methyl sites for hydroxylation is 1. The first-order valence-corrected chi connectivity index (χ1v) is 5.67. The Hall–Kier alpha value is -1.55. The molecule has 4 nitrogen and oxygen atoms in total. The van der Waals surface area contributed by atoms with E-state index >= 15 is 0 Å². The molecule has 0 spiro atoms. The summed E-state index contributed by atoms with van der Waals surface area (Å²) in [5, 5.41) is 21.6. The molecule has 0 fully saturated rings. The first-order valence-electron chi connectivity index (χ1n) is 5.67. The van der Waals surface area contributed by atoms with E-state index in [1.165, 1.54) is 6.07 Å². The molecule has 0 radical (unpaired) electrons. The highest BCUT2D eigenvalue weighted by molar-refractivity contribution is 5.91. The van der Waals surface area contributed by atoms with Gasteiger partial charge in [0.1, 0.15) is 5.75 Å². The number of hydrogen-bond donors (Lipinski definition) is 3. The van der Waals surface area contributed by atoms with E-state index in [0.29, 0.717) is 11.3 Å². The molecule has 0 aliphatic rings. The van der Waals surface area contributed by atoms with Gasteiger partial charge < -0.3 is 15.5 Å². The minimum atomic E-state index is -0.631. The van der Waals surface area contributed by atoms with E-state index in [-0.39, 0.29) is 24.0 Å². The van der Waals surface area contributed by atoms with Gasteiger partial charge in [-0.05, 0) is 36.6 Å². The Morgan fingerprint density at radius 3 is 2.59 bits per heavy atom. The summed E-state index contributed by atoms with van der Waals surface area (Å²) < 4.78 is 0. The van der Waals surface area contributed by atoms with Gasteiger partial charge >= 0.3 is 0 Å². The Balaban J connectivity index is 2.59. The minimum Gasteiger partial charge on any atom is -0.508 e. The van der Waals surface area contributed by atoms with Crippen LogP contribution >= 0.6 is 0 Å². The number of benzene rings is 1. The number of aliphatic hydroxyl groups excluding tert-OH is 1. The number of aliphatic hydroxyl groups is 1. The molecule has 4 heteroatoms. The van der Waals surface area contributed by atoms with Gasteiger partial charge in [-0.15, -0.1) is 0 Å². The van der Waals surface area contributed by atoms with Crippen molar-refractivity contribution in [3.05, 3.63) is 23.8 Å². The van der Waals surface area contributed by atoms with Crippen molar-refractivity contribution in [1.29, 1.82) is 0 Å². The molecule has 17 heavy (non-hydrogen) atoms. The molecular weight excluding hydrogens is 218 g/mol. The van der Waals surface area contributed by atoms with Crippen LogP contribution in [0.3, 0.4) is 0 Å². The predicted octanol–water partition coefficient (Wildman–Crippen LogP) is 2.05. The molecule has 0 bridgehead atoms. The van der Waals surface area contributed by atoms with Crippen molar-refractivity contribution >= 4 is 11.6 Å². The lowest BCUT2D eigenvalue weighted by Gasteiger charge is -2.14. The van der Waals surface area contributed by atoms with Crippen molar-refractivity contribution < 1.29 is 15.0 Å². The van der Waals surface area contributed by atoms with Crippen LogP contribution in [-0.4, -0.2) is 22.2 Å². The molecule has 0 heterocycles. The number of aromatic hydroxyl groups is 1. The van der Waals surface area contributed by atoms with Gasteiger partial charge in [0.15, 0.2) is 0 Å². The smallest absolute Gasteiger partial charge is 0.226 e. The van der Waals surface area contributed by atoms with Gasteiger partial charge in [-0.2, -0.15) is 0 Å². The third kappa shape index (κ3) is 4.07. The van der Waals surface area contributed by atoms with Crippen molar-refractivity contribution in [2.75, 3.05) is 5.32 Å². The van der Waals surface area contributed by atoms with E-state index in [2.05, 4.69) is 5.32 Å². The van der Waals surface area contributed by atoms with Crippen molar-refractivity contribution in [2.24, 2.45) is 5.92 Å². The number of carbonyl (C=O) groups is 1. The predicted molar refractivity (Wildman–Crippen MR) is 66.9 cm³/mol. The second kappa shape index (κ2) is 5.68. The third-order valence-electron chi connectivity index (χ3n) is 2.64. The quantitative estimate of drug-likeness (QED) is 0.702. The molecule has 1 aromatic carbocycles. The number of phenols is 1. The maximum Gasteiger partial charge on any atom is 0.226 e. The van der Waals surface area contributed by atoms with E-state index in [4.69, 9.17) is 0 Å². The molecule has 0 saturated heterocycles. The zero-order chi connectivity index (χ0) is 13.0. The molecule has 0 saturated carbocycles. The second-order valence-corrected chi connectivity index (χ2v) is 4.56. The molecule has 1 amide bonds. The minimum absolute atomic E-state index is 0.0577. The molecule has 0 aliphatic carbocycles. The fourth-order valence-corrected chi connectivity index (χ4v) is 1.37. The molecule has 1 rings (SSSR count). The zero-order valence-corrected chi connectivity index (χ0v) is 10.4. The standard InChI is InChI=1S/C13H19NO3/c1-8(2)12(16)7-13(17)14-10-4-5-11(15)9(3)6-10/h4-6,8,12,15-16H,7H2,1-3H3,(H,14,17). The van der Waals surface area contributed by atoms with Crippen LogP contribution in [0.2, 0.25) is 0 Å². The van der Waals surface area contributed by atoms with Crippen LogP contribution in [0.4, 0.5) is 5.69 Å². The van der Waals surface area contributed by atoms with E-state index in [1.807, 2.05) is 13.8 Å². The van der Waals surface area contributed by atoms with Gasteiger partial charge in [-0.1, -0.05) is 13.8 Å². The number of nitrogens with one attached hydrogen (secondary N) is 1. The number of hydrogen-bond acceptors (Lipinski definition) is 3. The highest BCUT2D eigenvalue weighted by Crippen LogP contribution is 2.20. The van der Waals surface area contributed by atoms with Crippen LogP contribution < -0.4 is 5.32 Å². The van der Waals surface area contributed by atoms with Crippen molar-refractivity contribution in [3.63, 3.8) is 0 Å². The Labute approximate surface area is 101 Å². The SMILES string of the molecule is Cc1cc(NC(=O)CC(O)C(C)C)ccc1O. The Kier molecular flexibility index (Phi) is 4.52. The van der Waals surface area contributed by atoms with Crippen LogP contribution in [0, 0.1) is 12.8 Å². The van der Waals surface area contributed by atoms with E-state index in [0.717, 1.165) is 0 Å². The number of carbonyl (C=O) groups excluding carboxylic acids is 1. The molecule has 0 aliphatic heterocycles. The lowest BCUT2D eigenvalue weighted by atomic mass is 10.0. The Morgan fingerprint density at radius 2 is 2.06 bits per heavy atom. The maximum atomic E-state index is 11.6. The number of amides is 1. The number of rotatable bonds is 4. The fourth-order valence-electron chi connectivity index (χ4n) is 1.37. The molecular formula is C13H19NO3. The zero-order valence-electron chi connectivity index (χ0n) is 10.4. The third-order valence-corrected chi connectivity index (χ3v) is 2.64. The summed E-state index contributed by atoms with van der Waals surface area (Å²) in [5.41, 5.74) is 1.33. The molecule has 94 valence electrons. The summed E-state index contributed by atoms with van der Waals surface area (Å²) in [4.78, 5) is 11.6. The van der Waals surface area contributed by atoms with Gasteiger partial charge in [-0.3, -0.25) is 4.79 Å². The Bertz CT molecular complexity index is 402. The Morgan fingerprint density at radius 1 is 1.41 bits per heavy atom. The summed E-state index contributed by atoms with van der Waals surface area (Å²) in [6.07, 6.45) is -0.550. The van der Waals surface area contributed by atoms with Crippen LogP contribution in [-0.2, 0) is 4.79 Å². The molecule has 0 aromatic heterocycles. The van der Waals surface area contributed by atoms with Crippen LogP contribution in [0.25, 0.3) is 0 Å². The highest BCUT2D eigenvalue weighted by Gasteiger charge is 2.14. The van der Waals surface area contributed by atoms with Gasteiger partial charge in [0.05, 0.1) is 12.5 Å². The lowest BCUT2D eigenvalue weighted by molar-refractivity contribution is -0.118. The monoisotopic (exact) mass is 237 g/mol. The molecule has 1 aromatic rings. The first kappa shape index (κ1) is 13.5. The summed E-state index contributed by atoms with van der Waals surface area (Å²) in [7, 11) is 0. The topological polar surface area (TPSA) is 69.6 Å². The number of phenolic OH excluding ortho intramolecular Hbond substituents is 1. The average molecular weight is 237 g/mol. The highest BCUT2D eigenvalue weighted by atomic mass is 16.3.